The first-order chi connectivity index (χ1) is 12.5. The van der Waals surface area contributed by atoms with Crippen LogP contribution in [-0.2, 0) is 12.8 Å². The molecule has 0 saturated carbocycles. The molecule has 26 heavy (non-hydrogen) atoms. The Kier molecular flexibility index (Phi) is 5.30. The summed E-state index contributed by atoms with van der Waals surface area (Å²) in [6.07, 6.45) is 1.72. The summed E-state index contributed by atoms with van der Waals surface area (Å²) >= 11 is 0. The molecule has 0 saturated heterocycles. The summed E-state index contributed by atoms with van der Waals surface area (Å²) in [6, 6.07) is 7.76. The predicted molar refractivity (Wildman–Crippen MR) is 100.0 cm³/mol. The first-order valence-corrected chi connectivity index (χ1v) is 8.85. The van der Waals surface area contributed by atoms with E-state index in [2.05, 4.69) is 40.9 Å². The van der Waals surface area contributed by atoms with Crippen LogP contribution in [0.4, 0.5) is 0 Å². The average Bonchev–Trinajstić information content (AvgIpc) is 3.10. The van der Waals surface area contributed by atoms with Crippen LogP contribution in [0, 0.1) is 12.8 Å². The molecule has 0 aliphatic heterocycles. The highest BCUT2D eigenvalue weighted by Gasteiger charge is 2.15. The molecule has 0 N–H and O–H groups in total. The van der Waals surface area contributed by atoms with Crippen molar-refractivity contribution in [3.63, 3.8) is 0 Å². The van der Waals surface area contributed by atoms with Gasteiger partial charge < -0.3 is 9.26 Å². The Labute approximate surface area is 153 Å². The van der Waals surface area contributed by atoms with Gasteiger partial charge in [-0.25, -0.2) is 4.98 Å². The fourth-order valence-electron chi connectivity index (χ4n) is 2.82. The Morgan fingerprint density at radius 1 is 1.00 bits per heavy atom. The maximum Gasteiger partial charge on any atom is 0.258 e. The Balaban J connectivity index is 1.98. The van der Waals surface area contributed by atoms with Crippen molar-refractivity contribution >= 4 is 0 Å². The molecule has 6 nitrogen and oxygen atoms in total. The molecular weight excluding hydrogens is 328 g/mol. The van der Waals surface area contributed by atoms with Gasteiger partial charge in [0.1, 0.15) is 0 Å². The van der Waals surface area contributed by atoms with Gasteiger partial charge in [-0.05, 0) is 43.9 Å². The summed E-state index contributed by atoms with van der Waals surface area (Å²) in [6.45, 7) is 8.35. The minimum absolute atomic E-state index is 0.457. The van der Waals surface area contributed by atoms with Crippen LogP contribution >= 0.6 is 0 Å². The van der Waals surface area contributed by atoms with Gasteiger partial charge in [0.2, 0.25) is 11.7 Å². The van der Waals surface area contributed by atoms with E-state index in [1.807, 2.05) is 31.2 Å². The molecule has 0 aromatic carbocycles. The van der Waals surface area contributed by atoms with Gasteiger partial charge in [0.25, 0.3) is 5.89 Å². The van der Waals surface area contributed by atoms with Gasteiger partial charge in [0.15, 0.2) is 0 Å². The second kappa shape index (κ2) is 7.64. The van der Waals surface area contributed by atoms with E-state index in [1.54, 1.807) is 7.11 Å². The quantitative estimate of drug-likeness (QED) is 0.659. The number of methoxy groups -OCH3 is 1. The number of rotatable bonds is 6. The summed E-state index contributed by atoms with van der Waals surface area (Å²) in [7, 11) is 1.61. The SMILES string of the molecule is CCc1cc(-c2noc(-c3cc(CC(C)C)nc(OC)c3)n2)cc(C)n1. The molecule has 3 heterocycles. The molecule has 3 aromatic rings. The molecule has 0 radical (unpaired) electrons. The lowest BCUT2D eigenvalue weighted by atomic mass is 10.1. The van der Waals surface area contributed by atoms with Crippen molar-refractivity contribution in [2.75, 3.05) is 7.11 Å². The van der Waals surface area contributed by atoms with E-state index in [4.69, 9.17) is 9.26 Å². The van der Waals surface area contributed by atoms with Gasteiger partial charge in [0.05, 0.1) is 7.11 Å². The Morgan fingerprint density at radius 3 is 2.46 bits per heavy atom. The highest BCUT2D eigenvalue weighted by Crippen LogP contribution is 2.26. The van der Waals surface area contributed by atoms with E-state index in [0.29, 0.717) is 23.5 Å². The van der Waals surface area contributed by atoms with Gasteiger partial charge in [0, 0.05) is 34.3 Å². The summed E-state index contributed by atoms with van der Waals surface area (Å²) in [5.74, 6) is 2.05. The molecular formula is C20H24N4O2. The molecule has 0 aliphatic rings. The van der Waals surface area contributed by atoms with Crippen LogP contribution in [0.1, 0.15) is 37.9 Å². The number of hydrogen-bond acceptors (Lipinski definition) is 6. The first-order valence-electron chi connectivity index (χ1n) is 8.85. The van der Waals surface area contributed by atoms with Crippen molar-refractivity contribution < 1.29 is 9.26 Å². The number of pyridine rings is 2. The summed E-state index contributed by atoms with van der Waals surface area (Å²) in [5.41, 5.74) is 4.62. The van der Waals surface area contributed by atoms with Crippen LogP contribution in [-0.4, -0.2) is 27.2 Å². The fraction of sp³-hybridized carbons (Fsp3) is 0.400. The van der Waals surface area contributed by atoms with E-state index in [0.717, 1.165) is 41.1 Å². The number of aromatic nitrogens is 4. The molecule has 0 bridgehead atoms. The minimum Gasteiger partial charge on any atom is -0.481 e. The second-order valence-corrected chi connectivity index (χ2v) is 6.75. The second-order valence-electron chi connectivity index (χ2n) is 6.75. The van der Waals surface area contributed by atoms with Crippen LogP contribution in [0.2, 0.25) is 0 Å². The van der Waals surface area contributed by atoms with Crippen LogP contribution in [0.3, 0.4) is 0 Å². The number of nitrogens with zero attached hydrogens (tertiary/aromatic N) is 4. The molecule has 0 amide bonds. The molecule has 0 atom stereocenters. The molecule has 3 aromatic heterocycles. The molecule has 136 valence electrons. The van der Waals surface area contributed by atoms with Crippen molar-refractivity contribution in [1.29, 1.82) is 0 Å². The Bertz CT molecular complexity index is 903. The van der Waals surface area contributed by atoms with E-state index in [1.165, 1.54) is 0 Å². The third kappa shape index (κ3) is 4.07. The number of hydrogen-bond donors (Lipinski definition) is 0. The van der Waals surface area contributed by atoms with Crippen molar-refractivity contribution in [2.45, 2.75) is 40.5 Å². The zero-order valence-electron chi connectivity index (χ0n) is 15.9. The molecule has 6 heteroatoms. The molecule has 0 fully saturated rings. The predicted octanol–water partition coefficient (Wildman–Crippen LogP) is 4.27. The number of aryl methyl sites for hydroxylation is 2. The molecule has 0 unspecified atom stereocenters. The van der Waals surface area contributed by atoms with Gasteiger partial charge in [-0.3, -0.25) is 4.98 Å². The maximum absolute atomic E-state index is 5.51. The van der Waals surface area contributed by atoms with E-state index in [-0.39, 0.29) is 0 Å². The zero-order valence-corrected chi connectivity index (χ0v) is 15.9. The standard InChI is InChI=1S/C20H24N4O2/c1-6-16-9-14(8-13(4)21-16)19-23-20(26-24-19)15-10-17(7-12(2)3)22-18(11-15)25-5/h8-12H,6-7H2,1-5H3. The van der Waals surface area contributed by atoms with Crippen molar-refractivity contribution in [1.82, 2.24) is 20.1 Å². The van der Waals surface area contributed by atoms with Gasteiger partial charge in [-0.2, -0.15) is 4.98 Å². The smallest absolute Gasteiger partial charge is 0.258 e. The van der Waals surface area contributed by atoms with E-state index in [9.17, 15) is 0 Å². The van der Waals surface area contributed by atoms with Gasteiger partial charge >= 0.3 is 0 Å². The highest BCUT2D eigenvalue weighted by molar-refractivity contribution is 5.61. The summed E-state index contributed by atoms with van der Waals surface area (Å²) in [4.78, 5) is 13.6. The minimum atomic E-state index is 0.457. The topological polar surface area (TPSA) is 73.9 Å². The zero-order chi connectivity index (χ0) is 18.7. The van der Waals surface area contributed by atoms with Crippen molar-refractivity contribution in [2.24, 2.45) is 5.92 Å². The lowest BCUT2D eigenvalue weighted by molar-refractivity contribution is 0.394. The fourth-order valence-corrected chi connectivity index (χ4v) is 2.82. The van der Waals surface area contributed by atoms with E-state index >= 15 is 0 Å². The van der Waals surface area contributed by atoms with Gasteiger partial charge in [-0.1, -0.05) is 25.9 Å². The van der Waals surface area contributed by atoms with Crippen molar-refractivity contribution in [3.8, 4) is 28.7 Å². The first kappa shape index (κ1) is 18.0. The monoisotopic (exact) mass is 352 g/mol. The third-order valence-corrected chi connectivity index (χ3v) is 3.98. The van der Waals surface area contributed by atoms with Crippen LogP contribution in [0.15, 0.2) is 28.8 Å². The van der Waals surface area contributed by atoms with E-state index < -0.39 is 0 Å². The lowest BCUT2D eigenvalue weighted by Crippen LogP contribution is -2.00. The highest BCUT2D eigenvalue weighted by atomic mass is 16.5. The van der Waals surface area contributed by atoms with Crippen LogP contribution in [0.25, 0.3) is 22.8 Å². The molecule has 0 spiro atoms. The van der Waals surface area contributed by atoms with Crippen LogP contribution < -0.4 is 4.74 Å². The average molecular weight is 352 g/mol. The lowest BCUT2D eigenvalue weighted by Gasteiger charge is -2.07. The maximum atomic E-state index is 5.51. The Morgan fingerprint density at radius 2 is 1.77 bits per heavy atom. The summed E-state index contributed by atoms with van der Waals surface area (Å²) < 4.78 is 10.8. The Hall–Kier alpha value is -2.76. The summed E-state index contributed by atoms with van der Waals surface area (Å²) in [5, 5.41) is 4.15. The number of ether oxygens (including phenoxy) is 1. The van der Waals surface area contributed by atoms with Crippen molar-refractivity contribution in [3.05, 3.63) is 41.3 Å². The third-order valence-electron chi connectivity index (χ3n) is 3.98. The largest absolute Gasteiger partial charge is 0.481 e. The normalized spacial score (nSPS) is 11.2. The molecule has 0 aliphatic carbocycles. The molecule has 3 rings (SSSR count). The van der Waals surface area contributed by atoms with Gasteiger partial charge in [-0.15, -0.1) is 0 Å². The van der Waals surface area contributed by atoms with Crippen LogP contribution in [0.5, 0.6) is 5.88 Å².